The van der Waals surface area contributed by atoms with Gasteiger partial charge in [0.15, 0.2) is 0 Å². The van der Waals surface area contributed by atoms with Gasteiger partial charge in [0.05, 0.1) is 0 Å². The molecule has 2 amide bonds. The third-order valence-corrected chi connectivity index (χ3v) is 9.93. The van der Waals surface area contributed by atoms with Crippen LogP contribution in [0.3, 0.4) is 0 Å². The number of likely N-dealkylation sites (tertiary alicyclic amines) is 1. The highest BCUT2D eigenvalue weighted by Crippen LogP contribution is 2.69. The first-order chi connectivity index (χ1) is 15.8. The molecule has 5 aliphatic rings. The second-order valence-electron chi connectivity index (χ2n) is 11.7. The van der Waals surface area contributed by atoms with Crippen molar-refractivity contribution in [3.05, 3.63) is 29.1 Å². The molecule has 178 valence electrons. The molecule has 0 aromatic heterocycles. The van der Waals surface area contributed by atoms with Crippen LogP contribution < -0.4 is 10.6 Å². The van der Waals surface area contributed by atoms with Gasteiger partial charge in [0, 0.05) is 43.7 Å². The normalized spacial score (nSPS) is 38.7. The maximum Gasteiger partial charge on any atom is 0.243 e. The zero-order valence-electron chi connectivity index (χ0n) is 19.8. The van der Waals surface area contributed by atoms with Gasteiger partial charge in [0.2, 0.25) is 11.8 Å². The van der Waals surface area contributed by atoms with Crippen molar-refractivity contribution in [2.24, 2.45) is 29.1 Å². The van der Waals surface area contributed by atoms with E-state index in [1.807, 2.05) is 6.92 Å². The lowest BCUT2D eigenvalue weighted by Crippen LogP contribution is -2.56. The second kappa shape index (κ2) is 7.71. The molecule has 7 atom stereocenters. The molecule has 1 aromatic rings. The number of rotatable bonds is 3. The molecule has 3 saturated carbocycles. The van der Waals surface area contributed by atoms with Crippen molar-refractivity contribution in [3.8, 4) is 0 Å². The average molecular weight is 454 g/mol. The third kappa shape index (κ3) is 3.38. The highest BCUT2D eigenvalue weighted by Gasteiger charge is 2.63. The van der Waals surface area contributed by atoms with E-state index in [0.29, 0.717) is 35.2 Å². The molecular formula is C27H36FN3O2. The summed E-state index contributed by atoms with van der Waals surface area (Å²) < 4.78 is 14.2. The predicted octanol–water partition coefficient (Wildman–Crippen LogP) is 4.04. The van der Waals surface area contributed by atoms with Gasteiger partial charge >= 0.3 is 0 Å². The number of carbonyl (C=O) groups is 2. The van der Waals surface area contributed by atoms with Gasteiger partial charge < -0.3 is 15.5 Å². The molecule has 3 aliphatic carbocycles. The van der Waals surface area contributed by atoms with Crippen LogP contribution >= 0.6 is 0 Å². The minimum absolute atomic E-state index is 0.0127. The lowest BCUT2D eigenvalue weighted by atomic mass is 9.48. The first-order valence-electron chi connectivity index (χ1n) is 12.9. The number of aryl methyl sites for hydroxylation is 1. The Balaban J connectivity index is 1.10. The van der Waals surface area contributed by atoms with Crippen LogP contribution in [0.5, 0.6) is 0 Å². The van der Waals surface area contributed by atoms with Crippen LogP contribution in [0.4, 0.5) is 10.1 Å². The Morgan fingerprint density at radius 3 is 2.82 bits per heavy atom. The SMILES string of the molecule is CC(=O)N1CC2CC3C(C1)CC3([C@@H]1CCC[C@@H](NC(=O)C3Cc4c(F)ccc(C)c4N3)C1)C2. The van der Waals surface area contributed by atoms with E-state index in [2.05, 4.69) is 15.5 Å². The topological polar surface area (TPSA) is 61.4 Å². The van der Waals surface area contributed by atoms with E-state index in [-0.39, 0.29) is 29.7 Å². The Labute approximate surface area is 195 Å². The molecule has 1 saturated heterocycles. The molecule has 2 N–H and O–H groups in total. The Hall–Kier alpha value is -2.11. The molecule has 4 fully saturated rings. The summed E-state index contributed by atoms with van der Waals surface area (Å²) in [6, 6.07) is 3.11. The van der Waals surface area contributed by atoms with Crippen LogP contribution in [0.2, 0.25) is 0 Å². The molecular weight excluding hydrogens is 417 g/mol. The lowest BCUT2D eigenvalue weighted by molar-refractivity contribution is -0.137. The molecule has 2 heterocycles. The summed E-state index contributed by atoms with van der Waals surface area (Å²) in [6.07, 6.45) is 8.81. The van der Waals surface area contributed by atoms with Crippen molar-refractivity contribution < 1.29 is 14.0 Å². The minimum Gasteiger partial charge on any atom is -0.373 e. The van der Waals surface area contributed by atoms with E-state index in [1.54, 1.807) is 13.0 Å². The molecule has 2 bridgehead atoms. The van der Waals surface area contributed by atoms with Crippen LogP contribution in [0.15, 0.2) is 12.1 Å². The highest BCUT2D eigenvalue weighted by molar-refractivity contribution is 5.88. The maximum atomic E-state index is 14.2. The molecule has 0 radical (unpaired) electrons. The van der Waals surface area contributed by atoms with Gasteiger partial charge in [0.1, 0.15) is 11.9 Å². The van der Waals surface area contributed by atoms with Crippen molar-refractivity contribution in [1.82, 2.24) is 10.2 Å². The summed E-state index contributed by atoms with van der Waals surface area (Å²) in [4.78, 5) is 27.2. The fraction of sp³-hybridized carbons (Fsp3) is 0.704. The minimum atomic E-state index is -0.381. The smallest absolute Gasteiger partial charge is 0.243 e. The molecule has 6 heteroatoms. The Bertz CT molecular complexity index is 961. The number of nitrogens with one attached hydrogen (secondary N) is 2. The van der Waals surface area contributed by atoms with E-state index in [0.717, 1.165) is 43.1 Å². The molecule has 6 rings (SSSR count). The number of amides is 2. The molecule has 0 spiro atoms. The van der Waals surface area contributed by atoms with E-state index < -0.39 is 0 Å². The Morgan fingerprint density at radius 2 is 2.03 bits per heavy atom. The van der Waals surface area contributed by atoms with Gasteiger partial charge in [-0.3, -0.25) is 9.59 Å². The van der Waals surface area contributed by atoms with Crippen molar-refractivity contribution >= 4 is 17.5 Å². The van der Waals surface area contributed by atoms with Gasteiger partial charge in [-0.25, -0.2) is 4.39 Å². The number of nitrogens with zero attached hydrogens (tertiary/aromatic N) is 1. The van der Waals surface area contributed by atoms with Gasteiger partial charge in [0.25, 0.3) is 0 Å². The van der Waals surface area contributed by atoms with Crippen molar-refractivity contribution in [2.75, 3.05) is 18.4 Å². The van der Waals surface area contributed by atoms with Gasteiger partial charge in [-0.15, -0.1) is 0 Å². The van der Waals surface area contributed by atoms with Crippen LogP contribution in [-0.4, -0.2) is 41.9 Å². The van der Waals surface area contributed by atoms with Crippen LogP contribution in [0, 0.1) is 41.8 Å². The number of anilines is 1. The van der Waals surface area contributed by atoms with E-state index in [4.69, 9.17) is 0 Å². The van der Waals surface area contributed by atoms with E-state index in [9.17, 15) is 14.0 Å². The monoisotopic (exact) mass is 453 g/mol. The summed E-state index contributed by atoms with van der Waals surface area (Å²) >= 11 is 0. The second-order valence-corrected chi connectivity index (χ2v) is 11.7. The first-order valence-corrected chi connectivity index (χ1v) is 12.9. The number of benzene rings is 1. The number of fused-ring (bicyclic) bond motifs is 2. The molecule has 33 heavy (non-hydrogen) atoms. The largest absolute Gasteiger partial charge is 0.373 e. The standard InChI is InChI=1S/C27H36FN3O2/c1-15-6-7-23(28)21-10-24(30-25(15)21)26(33)29-20-5-3-4-19(9-20)27-11-17-8-22(27)18(12-27)14-31(13-17)16(2)32/h6-7,17-20,22,24,30H,3-5,8-14H2,1-2H3,(H,29,33)/t17?,18?,19-,20-,22?,24?,27?/m1/s1. The fourth-order valence-electron chi connectivity index (χ4n) is 8.50. The summed E-state index contributed by atoms with van der Waals surface area (Å²) in [6.45, 7) is 5.57. The maximum absolute atomic E-state index is 14.2. The summed E-state index contributed by atoms with van der Waals surface area (Å²) in [5.41, 5.74) is 2.88. The third-order valence-electron chi connectivity index (χ3n) is 9.93. The summed E-state index contributed by atoms with van der Waals surface area (Å²) in [7, 11) is 0. The lowest BCUT2D eigenvalue weighted by Gasteiger charge is -2.59. The van der Waals surface area contributed by atoms with Crippen LogP contribution in [0.1, 0.15) is 63.0 Å². The molecule has 5 unspecified atom stereocenters. The highest BCUT2D eigenvalue weighted by atomic mass is 19.1. The molecule has 2 aliphatic heterocycles. The van der Waals surface area contributed by atoms with Crippen LogP contribution in [-0.2, 0) is 16.0 Å². The fourth-order valence-corrected chi connectivity index (χ4v) is 8.50. The summed E-state index contributed by atoms with van der Waals surface area (Å²) in [5.74, 6) is 2.80. The van der Waals surface area contributed by atoms with Crippen molar-refractivity contribution in [2.45, 2.75) is 77.3 Å². The number of halogens is 1. The zero-order valence-corrected chi connectivity index (χ0v) is 19.8. The van der Waals surface area contributed by atoms with E-state index >= 15 is 0 Å². The quantitative estimate of drug-likeness (QED) is 0.726. The Morgan fingerprint density at radius 1 is 1.18 bits per heavy atom. The van der Waals surface area contributed by atoms with Crippen molar-refractivity contribution in [1.29, 1.82) is 0 Å². The predicted molar refractivity (Wildman–Crippen MR) is 125 cm³/mol. The van der Waals surface area contributed by atoms with Crippen LogP contribution in [0.25, 0.3) is 0 Å². The number of carbonyl (C=O) groups excluding carboxylic acids is 2. The molecule has 1 aromatic carbocycles. The molecule has 5 nitrogen and oxygen atoms in total. The number of hydrogen-bond donors (Lipinski definition) is 2. The van der Waals surface area contributed by atoms with Gasteiger partial charge in [-0.1, -0.05) is 12.5 Å². The summed E-state index contributed by atoms with van der Waals surface area (Å²) in [5, 5.41) is 6.62. The first kappa shape index (κ1) is 21.4. The zero-order chi connectivity index (χ0) is 22.9. The van der Waals surface area contributed by atoms with E-state index in [1.165, 1.54) is 38.2 Å². The Kier molecular flexibility index (Phi) is 5.00. The van der Waals surface area contributed by atoms with Gasteiger partial charge in [-0.05, 0) is 86.2 Å². The van der Waals surface area contributed by atoms with Crippen molar-refractivity contribution in [3.63, 3.8) is 0 Å². The number of hydrogen-bond acceptors (Lipinski definition) is 3. The van der Waals surface area contributed by atoms with Gasteiger partial charge in [-0.2, -0.15) is 0 Å². The average Bonchev–Trinajstić information content (AvgIpc) is 3.29.